The number of halogens is 2. The molecule has 0 aromatic rings. The molecule has 0 rings (SSSR count). The molecule has 0 radical (unpaired) electrons. The summed E-state index contributed by atoms with van der Waals surface area (Å²) in [4.78, 5) is 10.4. The van der Waals surface area contributed by atoms with Gasteiger partial charge in [-0.2, -0.15) is 0 Å². The Morgan fingerprint density at radius 2 is 2.00 bits per heavy atom. The molecule has 0 aliphatic carbocycles. The number of ether oxygens (including phenoxy) is 1. The molecule has 0 saturated carbocycles. The molecule has 0 unspecified atom stereocenters. The van der Waals surface area contributed by atoms with Gasteiger partial charge in [-0.3, -0.25) is 4.79 Å². The van der Waals surface area contributed by atoms with Gasteiger partial charge in [0.2, 0.25) is 0 Å². The first-order valence-corrected chi connectivity index (χ1v) is 3.06. The largest absolute Gasteiger partial charge is 0.457 e. The predicted molar refractivity (Wildman–Crippen MR) is 32.1 cm³/mol. The van der Waals surface area contributed by atoms with Crippen LogP contribution in [-0.4, -0.2) is 25.4 Å². The van der Waals surface area contributed by atoms with E-state index in [0.29, 0.717) is 0 Å². The van der Waals surface area contributed by atoms with Crippen LogP contribution in [-0.2, 0) is 9.53 Å². The molecule has 0 saturated heterocycles. The Morgan fingerprint density at radius 1 is 1.50 bits per heavy atom. The van der Waals surface area contributed by atoms with Gasteiger partial charge in [-0.1, -0.05) is 6.92 Å². The highest BCUT2D eigenvalue weighted by Crippen LogP contribution is 1.96. The SMILES string of the molecule is CCC(=O)OC(CF)CF. The first-order chi connectivity index (χ1) is 4.74. The number of hydrogen-bond donors (Lipinski definition) is 0. The molecule has 2 nitrogen and oxygen atoms in total. The molecule has 0 aromatic heterocycles. The van der Waals surface area contributed by atoms with E-state index in [9.17, 15) is 13.6 Å². The second kappa shape index (κ2) is 5.14. The fraction of sp³-hybridized carbons (Fsp3) is 0.833. The maximum atomic E-state index is 11.6. The van der Waals surface area contributed by atoms with Crippen molar-refractivity contribution in [3.8, 4) is 0 Å². The van der Waals surface area contributed by atoms with Gasteiger partial charge in [0, 0.05) is 6.42 Å². The Bertz CT molecular complexity index is 102. The number of rotatable bonds is 4. The third kappa shape index (κ3) is 3.37. The number of hydrogen-bond acceptors (Lipinski definition) is 2. The quantitative estimate of drug-likeness (QED) is 0.566. The van der Waals surface area contributed by atoms with Crippen LogP contribution in [0.1, 0.15) is 13.3 Å². The first kappa shape index (κ1) is 9.33. The summed E-state index contributed by atoms with van der Waals surface area (Å²) < 4.78 is 27.6. The third-order valence-electron chi connectivity index (χ3n) is 0.931. The zero-order valence-electron chi connectivity index (χ0n) is 5.77. The van der Waals surface area contributed by atoms with Gasteiger partial charge in [0.1, 0.15) is 13.3 Å². The van der Waals surface area contributed by atoms with Crippen molar-refractivity contribution in [2.24, 2.45) is 0 Å². The van der Waals surface area contributed by atoms with Crippen LogP contribution < -0.4 is 0 Å². The second-order valence-electron chi connectivity index (χ2n) is 1.77. The van der Waals surface area contributed by atoms with Gasteiger partial charge in [0.15, 0.2) is 6.10 Å². The topological polar surface area (TPSA) is 26.3 Å². The lowest BCUT2D eigenvalue weighted by atomic mass is 10.4. The van der Waals surface area contributed by atoms with Crippen LogP contribution in [0.15, 0.2) is 0 Å². The van der Waals surface area contributed by atoms with E-state index in [1.807, 2.05) is 0 Å². The van der Waals surface area contributed by atoms with Gasteiger partial charge < -0.3 is 4.74 Å². The first-order valence-electron chi connectivity index (χ1n) is 3.06. The van der Waals surface area contributed by atoms with E-state index in [1.54, 1.807) is 6.92 Å². The average molecular weight is 152 g/mol. The lowest BCUT2D eigenvalue weighted by Crippen LogP contribution is -2.21. The summed E-state index contributed by atoms with van der Waals surface area (Å²) in [6.07, 6.45) is -1.05. The van der Waals surface area contributed by atoms with Crippen LogP contribution in [0.5, 0.6) is 0 Å². The van der Waals surface area contributed by atoms with Gasteiger partial charge in [-0.05, 0) is 0 Å². The summed E-state index contributed by atoms with van der Waals surface area (Å²) in [7, 11) is 0. The summed E-state index contributed by atoms with van der Waals surface area (Å²) >= 11 is 0. The van der Waals surface area contributed by atoms with Gasteiger partial charge in [-0.25, -0.2) is 8.78 Å². The number of alkyl halides is 2. The van der Waals surface area contributed by atoms with Gasteiger partial charge >= 0.3 is 5.97 Å². The molecule has 0 aromatic carbocycles. The maximum absolute atomic E-state index is 11.6. The molecule has 0 aliphatic heterocycles. The minimum Gasteiger partial charge on any atom is -0.457 e. The molecule has 0 N–H and O–H groups in total. The Kier molecular flexibility index (Phi) is 4.80. The standard InChI is InChI=1S/C6H10F2O2/c1-2-6(9)10-5(3-7)4-8/h5H,2-4H2,1H3. The number of carbonyl (C=O) groups excluding carboxylic acids is 1. The lowest BCUT2D eigenvalue weighted by molar-refractivity contribution is -0.150. The highest BCUT2D eigenvalue weighted by atomic mass is 19.1. The highest BCUT2D eigenvalue weighted by Gasteiger charge is 2.11. The predicted octanol–water partition coefficient (Wildman–Crippen LogP) is 1.25. The minimum atomic E-state index is -1.20. The van der Waals surface area contributed by atoms with Gasteiger partial charge in [-0.15, -0.1) is 0 Å². The molecule has 60 valence electrons. The molecule has 0 aliphatic rings. The Balaban J connectivity index is 3.52. The van der Waals surface area contributed by atoms with Crippen LogP contribution in [0.3, 0.4) is 0 Å². The van der Waals surface area contributed by atoms with E-state index < -0.39 is 25.4 Å². The van der Waals surface area contributed by atoms with Gasteiger partial charge in [0.05, 0.1) is 0 Å². The summed E-state index contributed by atoms with van der Waals surface area (Å²) in [5.74, 6) is -0.569. The van der Waals surface area contributed by atoms with Crippen LogP contribution in [0.4, 0.5) is 8.78 Å². The van der Waals surface area contributed by atoms with Crippen molar-refractivity contribution < 1.29 is 18.3 Å². The van der Waals surface area contributed by atoms with Crippen molar-refractivity contribution in [2.45, 2.75) is 19.4 Å². The number of esters is 1. The molecule has 0 spiro atoms. The molecule has 0 fully saturated rings. The van der Waals surface area contributed by atoms with E-state index in [2.05, 4.69) is 4.74 Å². The van der Waals surface area contributed by atoms with Crippen molar-refractivity contribution in [1.82, 2.24) is 0 Å². The smallest absolute Gasteiger partial charge is 0.305 e. The summed E-state index contributed by atoms with van der Waals surface area (Å²) in [5, 5.41) is 0. The Labute approximate surface area is 58.2 Å². The lowest BCUT2D eigenvalue weighted by Gasteiger charge is -2.08. The van der Waals surface area contributed by atoms with Crippen molar-refractivity contribution >= 4 is 5.97 Å². The second-order valence-corrected chi connectivity index (χ2v) is 1.77. The molecule has 10 heavy (non-hydrogen) atoms. The van der Waals surface area contributed by atoms with E-state index in [0.717, 1.165) is 0 Å². The normalized spacial score (nSPS) is 10.0. The van der Waals surface area contributed by atoms with Crippen molar-refractivity contribution in [3.63, 3.8) is 0 Å². The van der Waals surface area contributed by atoms with E-state index >= 15 is 0 Å². The van der Waals surface area contributed by atoms with E-state index in [1.165, 1.54) is 0 Å². The zero-order valence-corrected chi connectivity index (χ0v) is 5.77. The fourth-order valence-corrected chi connectivity index (χ4v) is 0.373. The Hall–Kier alpha value is -0.670. The summed E-state index contributed by atoms with van der Waals surface area (Å²) in [6.45, 7) is -0.347. The minimum absolute atomic E-state index is 0.149. The molecular formula is C6H10F2O2. The Morgan fingerprint density at radius 3 is 2.30 bits per heavy atom. The van der Waals surface area contributed by atoms with Crippen molar-refractivity contribution in [2.75, 3.05) is 13.3 Å². The monoisotopic (exact) mass is 152 g/mol. The zero-order chi connectivity index (χ0) is 7.98. The molecular weight excluding hydrogens is 142 g/mol. The van der Waals surface area contributed by atoms with Crippen LogP contribution in [0.25, 0.3) is 0 Å². The molecule has 0 bridgehead atoms. The van der Waals surface area contributed by atoms with Crippen molar-refractivity contribution in [1.29, 1.82) is 0 Å². The molecule has 0 heterocycles. The van der Waals surface area contributed by atoms with Crippen LogP contribution >= 0.6 is 0 Å². The van der Waals surface area contributed by atoms with E-state index in [-0.39, 0.29) is 6.42 Å². The van der Waals surface area contributed by atoms with Gasteiger partial charge in [0.25, 0.3) is 0 Å². The highest BCUT2D eigenvalue weighted by molar-refractivity contribution is 5.69. The van der Waals surface area contributed by atoms with E-state index in [4.69, 9.17) is 0 Å². The van der Waals surface area contributed by atoms with Crippen molar-refractivity contribution in [3.05, 3.63) is 0 Å². The third-order valence-corrected chi connectivity index (χ3v) is 0.931. The summed E-state index contributed by atoms with van der Waals surface area (Å²) in [5.41, 5.74) is 0. The summed E-state index contributed by atoms with van der Waals surface area (Å²) in [6, 6.07) is 0. The van der Waals surface area contributed by atoms with Crippen LogP contribution in [0.2, 0.25) is 0 Å². The number of carbonyl (C=O) groups is 1. The maximum Gasteiger partial charge on any atom is 0.305 e. The molecule has 0 amide bonds. The molecule has 4 heteroatoms. The average Bonchev–Trinajstić information content (AvgIpc) is 1.99. The fourth-order valence-electron chi connectivity index (χ4n) is 0.373. The molecule has 0 atom stereocenters. The van der Waals surface area contributed by atoms with Crippen LogP contribution in [0, 0.1) is 0 Å².